The SMILES string of the molecule is CCCC=C(C(=O)OCCC)C(=O)c1cc(F)c(F)cc1Cl. The van der Waals surface area contributed by atoms with Gasteiger partial charge in [0, 0.05) is 5.56 Å². The molecule has 120 valence electrons. The van der Waals surface area contributed by atoms with Crippen molar-refractivity contribution in [1.29, 1.82) is 0 Å². The number of benzene rings is 1. The molecule has 6 heteroatoms. The van der Waals surface area contributed by atoms with Gasteiger partial charge >= 0.3 is 5.97 Å². The zero-order valence-corrected chi connectivity index (χ0v) is 13.2. The van der Waals surface area contributed by atoms with Crippen LogP contribution in [0.15, 0.2) is 23.8 Å². The third kappa shape index (κ3) is 4.63. The fourth-order valence-electron chi connectivity index (χ4n) is 1.67. The lowest BCUT2D eigenvalue weighted by Gasteiger charge is -2.09. The molecule has 0 amide bonds. The Bertz CT molecular complexity index is 597. The average Bonchev–Trinajstić information content (AvgIpc) is 2.48. The van der Waals surface area contributed by atoms with Gasteiger partial charge < -0.3 is 4.74 Å². The van der Waals surface area contributed by atoms with Crippen LogP contribution >= 0.6 is 11.6 Å². The number of ketones is 1. The highest BCUT2D eigenvalue weighted by molar-refractivity contribution is 6.36. The third-order valence-corrected chi connectivity index (χ3v) is 3.11. The summed E-state index contributed by atoms with van der Waals surface area (Å²) in [7, 11) is 0. The van der Waals surface area contributed by atoms with Gasteiger partial charge in [0.2, 0.25) is 5.78 Å². The first-order valence-corrected chi connectivity index (χ1v) is 7.36. The maximum Gasteiger partial charge on any atom is 0.341 e. The molecule has 0 aliphatic heterocycles. The smallest absolute Gasteiger partial charge is 0.341 e. The molecule has 0 atom stereocenters. The van der Waals surface area contributed by atoms with Crippen LogP contribution in [0.1, 0.15) is 43.5 Å². The Morgan fingerprint density at radius 2 is 1.82 bits per heavy atom. The highest BCUT2D eigenvalue weighted by atomic mass is 35.5. The summed E-state index contributed by atoms with van der Waals surface area (Å²) in [6.45, 7) is 3.86. The molecule has 0 N–H and O–H groups in total. The second-order valence-corrected chi connectivity index (χ2v) is 5.02. The summed E-state index contributed by atoms with van der Waals surface area (Å²) in [6.07, 6.45) is 3.22. The second-order valence-electron chi connectivity index (χ2n) is 4.62. The Morgan fingerprint density at radius 1 is 1.18 bits per heavy atom. The van der Waals surface area contributed by atoms with Gasteiger partial charge in [-0.05, 0) is 25.0 Å². The minimum atomic E-state index is -1.20. The molecule has 0 aliphatic rings. The summed E-state index contributed by atoms with van der Waals surface area (Å²) < 4.78 is 31.3. The summed E-state index contributed by atoms with van der Waals surface area (Å²) in [5.74, 6) is -3.93. The highest BCUT2D eigenvalue weighted by Crippen LogP contribution is 2.23. The lowest BCUT2D eigenvalue weighted by molar-refractivity contribution is -0.138. The number of ether oxygens (including phenoxy) is 1. The quantitative estimate of drug-likeness (QED) is 0.185. The Labute approximate surface area is 132 Å². The molecule has 22 heavy (non-hydrogen) atoms. The van der Waals surface area contributed by atoms with E-state index in [4.69, 9.17) is 16.3 Å². The van der Waals surface area contributed by atoms with E-state index < -0.39 is 23.4 Å². The van der Waals surface area contributed by atoms with Gasteiger partial charge in [0.15, 0.2) is 11.6 Å². The van der Waals surface area contributed by atoms with Crippen molar-refractivity contribution >= 4 is 23.4 Å². The Balaban J connectivity index is 3.17. The van der Waals surface area contributed by atoms with Crippen molar-refractivity contribution in [3.05, 3.63) is 46.0 Å². The zero-order chi connectivity index (χ0) is 16.7. The van der Waals surface area contributed by atoms with Gasteiger partial charge in [0.1, 0.15) is 5.57 Å². The first kappa shape index (κ1) is 18.3. The second kappa shape index (κ2) is 8.63. The van der Waals surface area contributed by atoms with E-state index in [0.717, 1.165) is 0 Å². The zero-order valence-electron chi connectivity index (χ0n) is 12.4. The predicted molar refractivity (Wildman–Crippen MR) is 79.9 cm³/mol. The number of esters is 1. The molecular formula is C16H17ClF2O3. The highest BCUT2D eigenvalue weighted by Gasteiger charge is 2.24. The Kier molecular flexibility index (Phi) is 7.18. The predicted octanol–water partition coefficient (Wildman–Crippen LogP) is 4.48. The van der Waals surface area contributed by atoms with Gasteiger partial charge in [0.25, 0.3) is 0 Å². The fourth-order valence-corrected chi connectivity index (χ4v) is 1.91. The van der Waals surface area contributed by atoms with Crippen molar-refractivity contribution in [3.63, 3.8) is 0 Å². The van der Waals surface area contributed by atoms with Crippen LogP contribution in [0.25, 0.3) is 0 Å². The maximum absolute atomic E-state index is 13.3. The molecular weight excluding hydrogens is 314 g/mol. The molecule has 0 aromatic heterocycles. The fraction of sp³-hybridized carbons (Fsp3) is 0.375. The van der Waals surface area contributed by atoms with E-state index in [-0.39, 0.29) is 22.8 Å². The molecule has 0 saturated heterocycles. The van der Waals surface area contributed by atoms with Crippen molar-refractivity contribution < 1.29 is 23.1 Å². The topological polar surface area (TPSA) is 43.4 Å². The summed E-state index contributed by atoms with van der Waals surface area (Å²) in [4.78, 5) is 24.4. The van der Waals surface area contributed by atoms with Gasteiger partial charge in [-0.2, -0.15) is 0 Å². The number of Topliss-reactive ketones (excluding diaryl/α,β-unsaturated/α-hetero) is 1. The van der Waals surface area contributed by atoms with Gasteiger partial charge in [-0.3, -0.25) is 4.79 Å². The summed E-state index contributed by atoms with van der Waals surface area (Å²) in [5.41, 5.74) is -0.487. The molecule has 0 unspecified atom stereocenters. The first-order chi connectivity index (χ1) is 10.4. The average molecular weight is 331 g/mol. The number of rotatable bonds is 7. The number of unbranched alkanes of at least 4 members (excludes halogenated alkanes) is 1. The summed E-state index contributed by atoms with van der Waals surface area (Å²) in [6, 6.07) is 1.39. The van der Waals surface area contributed by atoms with Crippen LogP contribution < -0.4 is 0 Å². The standard InChI is InChI=1S/C16H17ClF2O3/c1-3-5-6-10(16(21)22-7-4-2)15(20)11-8-13(18)14(19)9-12(11)17/h6,8-9H,3-5,7H2,1-2H3. The van der Waals surface area contributed by atoms with E-state index in [1.54, 1.807) is 0 Å². The molecule has 0 heterocycles. The van der Waals surface area contributed by atoms with Crippen molar-refractivity contribution in [3.8, 4) is 0 Å². The molecule has 0 saturated carbocycles. The molecule has 0 aliphatic carbocycles. The van der Waals surface area contributed by atoms with Crippen molar-refractivity contribution in [2.45, 2.75) is 33.1 Å². The van der Waals surface area contributed by atoms with Gasteiger partial charge in [0.05, 0.1) is 11.6 Å². The molecule has 3 nitrogen and oxygen atoms in total. The molecule has 0 radical (unpaired) electrons. The van der Waals surface area contributed by atoms with E-state index in [9.17, 15) is 18.4 Å². The molecule has 1 aromatic carbocycles. The molecule has 1 aromatic rings. The third-order valence-electron chi connectivity index (χ3n) is 2.79. The number of allylic oxidation sites excluding steroid dienone is 1. The summed E-state index contributed by atoms with van der Waals surface area (Å²) in [5, 5.41) is -0.255. The van der Waals surface area contributed by atoms with E-state index >= 15 is 0 Å². The van der Waals surface area contributed by atoms with E-state index in [2.05, 4.69) is 0 Å². The van der Waals surface area contributed by atoms with E-state index in [1.165, 1.54) is 6.08 Å². The Morgan fingerprint density at radius 3 is 2.41 bits per heavy atom. The molecule has 0 spiro atoms. The number of carbonyl (C=O) groups is 2. The minimum absolute atomic E-state index is 0.168. The van der Waals surface area contributed by atoms with Crippen LogP contribution in [0.4, 0.5) is 8.78 Å². The lowest BCUT2D eigenvalue weighted by Crippen LogP contribution is -2.17. The van der Waals surface area contributed by atoms with Crippen molar-refractivity contribution in [2.75, 3.05) is 6.61 Å². The monoisotopic (exact) mass is 330 g/mol. The van der Waals surface area contributed by atoms with Crippen LogP contribution in [0.2, 0.25) is 5.02 Å². The lowest BCUT2D eigenvalue weighted by atomic mass is 10.0. The Hall–Kier alpha value is -1.75. The molecule has 0 fully saturated rings. The molecule has 1 rings (SSSR count). The van der Waals surface area contributed by atoms with Crippen LogP contribution in [-0.2, 0) is 9.53 Å². The van der Waals surface area contributed by atoms with Crippen molar-refractivity contribution in [1.82, 2.24) is 0 Å². The number of hydrogen-bond donors (Lipinski definition) is 0. The van der Waals surface area contributed by atoms with E-state index in [1.807, 2.05) is 13.8 Å². The largest absolute Gasteiger partial charge is 0.462 e. The van der Waals surface area contributed by atoms with Crippen LogP contribution in [-0.4, -0.2) is 18.4 Å². The number of carbonyl (C=O) groups excluding carboxylic acids is 2. The summed E-state index contributed by atoms with van der Waals surface area (Å²) >= 11 is 5.78. The van der Waals surface area contributed by atoms with Crippen LogP contribution in [0.3, 0.4) is 0 Å². The van der Waals surface area contributed by atoms with Crippen molar-refractivity contribution in [2.24, 2.45) is 0 Å². The van der Waals surface area contributed by atoms with E-state index in [0.29, 0.717) is 31.4 Å². The van der Waals surface area contributed by atoms with Crippen LogP contribution in [0, 0.1) is 11.6 Å². The minimum Gasteiger partial charge on any atom is -0.462 e. The number of halogens is 3. The normalized spacial score (nSPS) is 11.4. The maximum atomic E-state index is 13.3. The van der Waals surface area contributed by atoms with Crippen LogP contribution in [0.5, 0.6) is 0 Å². The van der Waals surface area contributed by atoms with Gasteiger partial charge in [-0.15, -0.1) is 0 Å². The first-order valence-electron chi connectivity index (χ1n) is 6.98. The van der Waals surface area contributed by atoms with Gasteiger partial charge in [-0.25, -0.2) is 13.6 Å². The van der Waals surface area contributed by atoms with Gasteiger partial charge in [-0.1, -0.05) is 37.9 Å². The number of hydrogen-bond acceptors (Lipinski definition) is 3. The molecule has 0 bridgehead atoms.